The third kappa shape index (κ3) is 5.20. The largest absolute Gasteiger partial charge is 0.459 e. The number of ether oxygens (including phenoxy) is 2. The number of hydrogen-bond donors (Lipinski definition) is 0. The maximum absolute atomic E-state index is 14.7. The van der Waals surface area contributed by atoms with Crippen LogP contribution in [0.1, 0.15) is 65.7 Å². The highest BCUT2D eigenvalue weighted by atomic mass is 19.1. The third-order valence-corrected chi connectivity index (χ3v) is 5.21. The lowest BCUT2D eigenvalue weighted by molar-refractivity contribution is 0.0293. The molecule has 0 fully saturated rings. The number of aryl methyl sites for hydroxylation is 1. The highest BCUT2D eigenvalue weighted by Gasteiger charge is 2.28. The third-order valence-electron chi connectivity index (χ3n) is 5.21. The lowest BCUT2D eigenvalue weighted by atomic mass is 9.96. The van der Waals surface area contributed by atoms with Gasteiger partial charge in [0.2, 0.25) is 0 Å². The minimum atomic E-state index is -0.577. The summed E-state index contributed by atoms with van der Waals surface area (Å²) in [6, 6.07) is 12.2. The summed E-state index contributed by atoms with van der Waals surface area (Å²) < 4.78 is 25.5. The van der Waals surface area contributed by atoms with E-state index in [-0.39, 0.29) is 18.3 Å². The van der Waals surface area contributed by atoms with Gasteiger partial charge in [0.15, 0.2) is 0 Å². The van der Waals surface area contributed by atoms with Crippen molar-refractivity contribution in [1.29, 1.82) is 0 Å². The number of rotatable bonds is 9. The van der Waals surface area contributed by atoms with Gasteiger partial charge in [0.1, 0.15) is 11.9 Å². The molecular weight excluding hydrogens is 355 g/mol. The van der Waals surface area contributed by atoms with E-state index in [1.165, 1.54) is 30.4 Å². The van der Waals surface area contributed by atoms with E-state index < -0.39 is 11.8 Å². The number of hydrogen-bond acceptors (Lipinski definition) is 3. The molecule has 1 unspecified atom stereocenters. The molecule has 1 aliphatic rings. The average molecular weight is 384 g/mol. The van der Waals surface area contributed by atoms with Crippen LogP contribution in [0.3, 0.4) is 0 Å². The Morgan fingerprint density at radius 2 is 1.79 bits per heavy atom. The number of benzene rings is 2. The lowest BCUT2D eigenvalue weighted by Crippen LogP contribution is -2.26. The number of esters is 1. The normalized spacial score (nSPS) is 16.0. The van der Waals surface area contributed by atoms with Crippen LogP contribution >= 0.6 is 0 Å². The zero-order valence-corrected chi connectivity index (χ0v) is 16.8. The topological polar surface area (TPSA) is 35.5 Å². The molecule has 150 valence electrons. The first kappa shape index (κ1) is 20.5. The molecule has 3 rings (SSSR count). The van der Waals surface area contributed by atoms with Crippen molar-refractivity contribution in [3.63, 3.8) is 0 Å². The van der Waals surface area contributed by atoms with Gasteiger partial charge in [-0.2, -0.15) is 0 Å². The van der Waals surface area contributed by atoms with Crippen LogP contribution in [-0.4, -0.2) is 18.7 Å². The first-order chi connectivity index (χ1) is 13.6. The number of carbonyl (C=O) groups is 1. The van der Waals surface area contributed by atoms with Gasteiger partial charge in [-0.15, -0.1) is 0 Å². The van der Waals surface area contributed by atoms with Crippen molar-refractivity contribution in [2.24, 2.45) is 0 Å². The molecule has 0 amide bonds. The number of cyclic esters (lactones) is 1. The number of carbonyl (C=O) groups excluding carboxylic acids is 1. The molecular formula is C24H29FO3. The zero-order chi connectivity index (χ0) is 19.9. The predicted molar refractivity (Wildman–Crippen MR) is 108 cm³/mol. The summed E-state index contributed by atoms with van der Waals surface area (Å²) in [7, 11) is 0. The number of unbranched alkanes of at least 4 members (excludes halogenated alkanes) is 2. The van der Waals surface area contributed by atoms with Gasteiger partial charge in [0.25, 0.3) is 0 Å². The van der Waals surface area contributed by atoms with Crippen LogP contribution in [0.25, 0.3) is 0 Å². The Kier molecular flexibility index (Phi) is 7.21. The molecule has 28 heavy (non-hydrogen) atoms. The van der Waals surface area contributed by atoms with E-state index in [1.807, 2.05) is 13.0 Å². The molecule has 0 radical (unpaired) electrons. The summed E-state index contributed by atoms with van der Waals surface area (Å²) >= 11 is 0. The SMILES string of the molecule is CCCCCc1ccc(CCOCc2ccc3c(c2F)C(=O)OC(C)C3)cc1. The van der Waals surface area contributed by atoms with E-state index in [0.717, 1.165) is 12.8 Å². The van der Waals surface area contributed by atoms with Crippen molar-refractivity contribution < 1.29 is 18.7 Å². The Hall–Kier alpha value is -2.20. The summed E-state index contributed by atoms with van der Waals surface area (Å²) in [6.07, 6.45) is 5.99. The first-order valence-electron chi connectivity index (χ1n) is 10.2. The van der Waals surface area contributed by atoms with Crippen molar-refractivity contribution >= 4 is 5.97 Å². The van der Waals surface area contributed by atoms with Gasteiger partial charge < -0.3 is 9.47 Å². The van der Waals surface area contributed by atoms with E-state index in [9.17, 15) is 9.18 Å². The molecule has 0 saturated heterocycles. The van der Waals surface area contributed by atoms with Crippen LogP contribution in [0, 0.1) is 5.82 Å². The minimum Gasteiger partial charge on any atom is -0.459 e. The van der Waals surface area contributed by atoms with Crippen LogP contribution in [-0.2, 0) is 35.3 Å². The van der Waals surface area contributed by atoms with Crippen molar-refractivity contribution in [2.75, 3.05) is 6.61 Å². The molecule has 0 aromatic heterocycles. The van der Waals surface area contributed by atoms with E-state index in [1.54, 1.807) is 6.07 Å². The van der Waals surface area contributed by atoms with Crippen molar-refractivity contribution in [1.82, 2.24) is 0 Å². The first-order valence-corrected chi connectivity index (χ1v) is 10.2. The van der Waals surface area contributed by atoms with Crippen molar-refractivity contribution in [3.8, 4) is 0 Å². The van der Waals surface area contributed by atoms with Gasteiger partial charge >= 0.3 is 5.97 Å². The molecule has 2 aromatic rings. The Balaban J connectivity index is 1.49. The van der Waals surface area contributed by atoms with Crippen LogP contribution in [0.5, 0.6) is 0 Å². The Labute approximate surface area is 166 Å². The maximum Gasteiger partial charge on any atom is 0.341 e. The number of halogens is 1. The summed E-state index contributed by atoms with van der Waals surface area (Å²) in [4.78, 5) is 12.0. The Morgan fingerprint density at radius 1 is 1.07 bits per heavy atom. The van der Waals surface area contributed by atoms with Crippen molar-refractivity contribution in [3.05, 3.63) is 70.0 Å². The van der Waals surface area contributed by atoms with Gasteiger partial charge in [0.05, 0.1) is 18.8 Å². The highest BCUT2D eigenvalue weighted by molar-refractivity contribution is 5.92. The fourth-order valence-corrected chi connectivity index (χ4v) is 3.58. The molecule has 0 N–H and O–H groups in total. The van der Waals surface area contributed by atoms with Crippen molar-refractivity contribution in [2.45, 2.75) is 65.1 Å². The summed E-state index contributed by atoms with van der Waals surface area (Å²) in [5.74, 6) is -1.09. The summed E-state index contributed by atoms with van der Waals surface area (Å²) in [5, 5.41) is 0. The van der Waals surface area contributed by atoms with Gasteiger partial charge in [-0.3, -0.25) is 0 Å². The van der Waals surface area contributed by atoms with Crippen LogP contribution in [0.2, 0.25) is 0 Å². The molecule has 0 saturated carbocycles. The molecule has 1 aliphatic heterocycles. The second-order valence-corrected chi connectivity index (χ2v) is 7.57. The minimum absolute atomic E-state index is 0.0675. The molecule has 0 aliphatic carbocycles. The molecule has 0 bridgehead atoms. The second kappa shape index (κ2) is 9.83. The van der Waals surface area contributed by atoms with E-state index in [4.69, 9.17) is 9.47 Å². The fourth-order valence-electron chi connectivity index (χ4n) is 3.58. The van der Waals surface area contributed by atoms with Crippen LogP contribution in [0.15, 0.2) is 36.4 Å². The molecule has 2 aromatic carbocycles. The van der Waals surface area contributed by atoms with Crippen LogP contribution < -0.4 is 0 Å². The second-order valence-electron chi connectivity index (χ2n) is 7.57. The monoisotopic (exact) mass is 384 g/mol. The molecule has 1 atom stereocenters. The standard InChI is InChI=1S/C24H29FO3/c1-3-4-5-6-18-7-9-19(10-8-18)13-14-27-16-21-12-11-20-15-17(2)28-24(26)22(20)23(21)25/h7-12,17H,3-6,13-16H2,1-2H3. The molecule has 3 nitrogen and oxygen atoms in total. The Bertz CT molecular complexity index is 798. The quantitative estimate of drug-likeness (QED) is 0.428. The fraction of sp³-hybridized carbons (Fsp3) is 0.458. The average Bonchev–Trinajstić information content (AvgIpc) is 2.67. The Morgan fingerprint density at radius 3 is 2.50 bits per heavy atom. The van der Waals surface area contributed by atoms with Gasteiger partial charge in [0, 0.05) is 12.0 Å². The van der Waals surface area contributed by atoms with E-state index >= 15 is 0 Å². The van der Waals surface area contributed by atoms with E-state index in [2.05, 4.69) is 31.2 Å². The smallest absolute Gasteiger partial charge is 0.341 e. The zero-order valence-electron chi connectivity index (χ0n) is 16.8. The summed E-state index contributed by atoms with van der Waals surface area (Å²) in [6.45, 7) is 4.68. The van der Waals surface area contributed by atoms with Gasteiger partial charge in [-0.1, -0.05) is 56.2 Å². The number of fused-ring (bicyclic) bond motifs is 1. The summed E-state index contributed by atoms with van der Waals surface area (Å²) in [5.41, 5.74) is 3.76. The lowest BCUT2D eigenvalue weighted by Gasteiger charge is -2.22. The highest BCUT2D eigenvalue weighted by Crippen LogP contribution is 2.26. The van der Waals surface area contributed by atoms with Gasteiger partial charge in [-0.25, -0.2) is 9.18 Å². The molecule has 0 spiro atoms. The maximum atomic E-state index is 14.7. The van der Waals surface area contributed by atoms with Gasteiger partial charge in [-0.05, 0) is 42.9 Å². The molecule has 1 heterocycles. The van der Waals surface area contributed by atoms with Crippen LogP contribution in [0.4, 0.5) is 4.39 Å². The predicted octanol–water partition coefficient (Wildman–Crippen LogP) is 5.42. The van der Waals surface area contributed by atoms with E-state index in [0.29, 0.717) is 24.2 Å². The molecule has 4 heteroatoms.